The molecule has 116 valence electrons. The van der Waals surface area contributed by atoms with Crippen LogP contribution < -0.4 is 0 Å². The third-order valence-corrected chi connectivity index (χ3v) is 4.10. The maximum atomic E-state index is 11.9. The van der Waals surface area contributed by atoms with Gasteiger partial charge < -0.3 is 14.6 Å². The first kappa shape index (κ1) is 18.3. The van der Waals surface area contributed by atoms with Gasteiger partial charge in [0.1, 0.15) is 13.1 Å². The maximum Gasteiger partial charge on any atom is 0.321 e. The molecule has 0 heterocycles. The van der Waals surface area contributed by atoms with E-state index in [4.69, 9.17) is 5.11 Å². The van der Waals surface area contributed by atoms with Crippen molar-refractivity contribution in [2.24, 2.45) is 0 Å². The summed E-state index contributed by atoms with van der Waals surface area (Å²) in [5, 5.41) is 8.46. The molecule has 0 aromatic carbocycles. The topological polar surface area (TPSA) is 127 Å². The van der Waals surface area contributed by atoms with Crippen molar-refractivity contribution in [3.8, 4) is 0 Å². The molecule has 0 aliphatic carbocycles. The van der Waals surface area contributed by atoms with Gasteiger partial charge in [-0.2, -0.15) is 4.31 Å². The standard InChI is InChI=1S/C10H17NO8S/c1-18-9(14)6-11(7-10(15)19-2)20(16,17)5-3-4-8(12)13/h3-7H2,1-2H3,(H,12,13). The molecule has 20 heavy (non-hydrogen) atoms. The van der Waals surface area contributed by atoms with E-state index in [0.29, 0.717) is 4.31 Å². The minimum Gasteiger partial charge on any atom is -0.481 e. The van der Waals surface area contributed by atoms with Crippen LogP contribution in [0.4, 0.5) is 0 Å². The molecule has 0 aliphatic rings. The number of nitrogens with zero attached hydrogens (tertiary/aromatic N) is 1. The number of carboxylic acids is 1. The van der Waals surface area contributed by atoms with Gasteiger partial charge in [-0.1, -0.05) is 0 Å². The van der Waals surface area contributed by atoms with Crippen molar-refractivity contribution in [3.05, 3.63) is 0 Å². The maximum absolute atomic E-state index is 11.9. The summed E-state index contributed by atoms with van der Waals surface area (Å²) in [6.07, 6.45) is -0.458. The summed E-state index contributed by atoms with van der Waals surface area (Å²) >= 11 is 0. The van der Waals surface area contributed by atoms with Gasteiger partial charge in [0.15, 0.2) is 0 Å². The molecule has 1 N–H and O–H groups in total. The fraction of sp³-hybridized carbons (Fsp3) is 0.700. The summed E-state index contributed by atoms with van der Waals surface area (Å²) in [5.41, 5.74) is 0. The highest BCUT2D eigenvalue weighted by Crippen LogP contribution is 2.06. The van der Waals surface area contributed by atoms with Crippen molar-refractivity contribution in [2.45, 2.75) is 12.8 Å². The van der Waals surface area contributed by atoms with E-state index in [1.54, 1.807) is 0 Å². The van der Waals surface area contributed by atoms with E-state index in [1.165, 1.54) is 0 Å². The molecule has 0 saturated carbocycles. The van der Waals surface area contributed by atoms with Gasteiger partial charge in [-0.05, 0) is 6.42 Å². The number of hydrogen-bond acceptors (Lipinski definition) is 7. The molecule has 0 aliphatic heterocycles. The summed E-state index contributed by atoms with van der Waals surface area (Å²) in [6.45, 7) is -1.28. The lowest BCUT2D eigenvalue weighted by molar-refractivity contribution is -0.143. The van der Waals surface area contributed by atoms with E-state index >= 15 is 0 Å². The van der Waals surface area contributed by atoms with Gasteiger partial charge in [0.05, 0.1) is 20.0 Å². The van der Waals surface area contributed by atoms with E-state index in [1.807, 2.05) is 0 Å². The first-order valence-corrected chi connectivity index (χ1v) is 7.17. The Balaban J connectivity index is 4.83. The number of sulfonamides is 1. The van der Waals surface area contributed by atoms with E-state index in [-0.39, 0.29) is 12.8 Å². The molecule has 0 unspecified atom stereocenters. The van der Waals surface area contributed by atoms with Crippen LogP contribution in [0.15, 0.2) is 0 Å². The minimum atomic E-state index is -3.96. The quantitative estimate of drug-likeness (QED) is 0.528. The summed E-state index contributed by atoms with van der Waals surface area (Å²) in [7, 11) is -1.80. The van der Waals surface area contributed by atoms with Crippen molar-refractivity contribution in [1.82, 2.24) is 4.31 Å². The Morgan fingerprint density at radius 1 is 1.05 bits per heavy atom. The Kier molecular flexibility index (Phi) is 7.77. The van der Waals surface area contributed by atoms with Gasteiger partial charge in [-0.25, -0.2) is 8.42 Å². The number of aliphatic carboxylic acids is 1. The fourth-order valence-corrected chi connectivity index (χ4v) is 2.58. The number of hydrogen-bond donors (Lipinski definition) is 1. The van der Waals surface area contributed by atoms with Crippen molar-refractivity contribution in [2.75, 3.05) is 33.1 Å². The lowest BCUT2D eigenvalue weighted by atomic mass is 10.3. The van der Waals surface area contributed by atoms with E-state index in [2.05, 4.69) is 9.47 Å². The zero-order valence-corrected chi connectivity index (χ0v) is 12.0. The molecule has 0 aromatic rings. The number of carbonyl (C=O) groups excluding carboxylic acids is 2. The molecule has 0 bridgehead atoms. The van der Waals surface area contributed by atoms with Gasteiger partial charge in [-0.3, -0.25) is 14.4 Å². The molecule has 0 rings (SSSR count). The molecular weight excluding hydrogens is 294 g/mol. The van der Waals surface area contributed by atoms with Crippen LogP contribution in [-0.4, -0.2) is 68.8 Å². The molecule has 0 saturated heterocycles. The number of esters is 2. The van der Waals surface area contributed by atoms with Crippen LogP contribution in [0.3, 0.4) is 0 Å². The van der Waals surface area contributed by atoms with E-state index in [9.17, 15) is 22.8 Å². The van der Waals surface area contributed by atoms with Gasteiger partial charge in [0.2, 0.25) is 10.0 Å². The van der Waals surface area contributed by atoms with Crippen LogP contribution >= 0.6 is 0 Å². The number of ether oxygens (including phenoxy) is 2. The highest BCUT2D eigenvalue weighted by molar-refractivity contribution is 7.89. The highest BCUT2D eigenvalue weighted by atomic mass is 32.2. The second kappa shape index (κ2) is 8.48. The summed E-state index contributed by atoms with van der Waals surface area (Å²) in [6, 6.07) is 0. The van der Waals surface area contributed by atoms with E-state index in [0.717, 1.165) is 14.2 Å². The van der Waals surface area contributed by atoms with Crippen LogP contribution in [0.25, 0.3) is 0 Å². The monoisotopic (exact) mass is 311 g/mol. The Morgan fingerprint density at radius 3 is 1.85 bits per heavy atom. The molecule has 9 nitrogen and oxygen atoms in total. The number of rotatable bonds is 9. The number of carboxylic acid groups (broad SMARTS) is 1. The molecular formula is C10H17NO8S. The van der Waals surface area contributed by atoms with Crippen molar-refractivity contribution >= 4 is 27.9 Å². The average molecular weight is 311 g/mol. The lowest BCUT2D eigenvalue weighted by Crippen LogP contribution is -2.41. The Labute approximate surface area is 116 Å². The van der Waals surface area contributed by atoms with Crippen LogP contribution in [0.5, 0.6) is 0 Å². The molecule has 10 heteroatoms. The predicted octanol–water partition coefficient (Wildman–Crippen LogP) is -1.17. The zero-order valence-electron chi connectivity index (χ0n) is 11.2. The summed E-state index contributed by atoms with van der Waals surface area (Å²) < 4.78 is 33.2. The summed E-state index contributed by atoms with van der Waals surface area (Å²) in [5.74, 6) is -3.30. The first-order valence-electron chi connectivity index (χ1n) is 5.56. The highest BCUT2D eigenvalue weighted by Gasteiger charge is 2.27. The third kappa shape index (κ3) is 7.04. The predicted molar refractivity (Wildman–Crippen MR) is 66.3 cm³/mol. The summed E-state index contributed by atoms with van der Waals surface area (Å²) in [4.78, 5) is 32.6. The van der Waals surface area contributed by atoms with Gasteiger partial charge in [0, 0.05) is 6.42 Å². The normalized spacial score (nSPS) is 11.2. The largest absolute Gasteiger partial charge is 0.481 e. The average Bonchev–Trinajstić information content (AvgIpc) is 2.36. The molecule has 0 atom stereocenters. The van der Waals surface area contributed by atoms with Gasteiger partial charge >= 0.3 is 17.9 Å². The Morgan fingerprint density at radius 2 is 1.50 bits per heavy atom. The Bertz CT molecular complexity index is 440. The van der Waals surface area contributed by atoms with Crippen molar-refractivity contribution < 1.29 is 37.4 Å². The lowest BCUT2D eigenvalue weighted by Gasteiger charge is -2.19. The first-order chi connectivity index (χ1) is 9.22. The van der Waals surface area contributed by atoms with Crippen molar-refractivity contribution in [1.29, 1.82) is 0 Å². The van der Waals surface area contributed by atoms with Crippen LogP contribution in [0, 0.1) is 0 Å². The third-order valence-electron chi connectivity index (χ3n) is 2.25. The number of carbonyl (C=O) groups is 3. The second-order valence-electron chi connectivity index (χ2n) is 3.73. The van der Waals surface area contributed by atoms with Crippen LogP contribution in [0.1, 0.15) is 12.8 Å². The molecule has 0 radical (unpaired) electrons. The number of methoxy groups -OCH3 is 2. The van der Waals surface area contributed by atoms with Gasteiger partial charge in [-0.15, -0.1) is 0 Å². The van der Waals surface area contributed by atoms with Crippen LogP contribution in [0.2, 0.25) is 0 Å². The Hall–Kier alpha value is -1.68. The molecule has 0 aromatic heterocycles. The smallest absolute Gasteiger partial charge is 0.321 e. The zero-order chi connectivity index (χ0) is 15.8. The van der Waals surface area contributed by atoms with Gasteiger partial charge in [0.25, 0.3) is 0 Å². The van der Waals surface area contributed by atoms with Crippen LogP contribution in [-0.2, 0) is 33.9 Å². The molecule has 0 fully saturated rings. The molecule has 0 amide bonds. The van der Waals surface area contributed by atoms with E-state index < -0.39 is 46.8 Å². The van der Waals surface area contributed by atoms with Crippen molar-refractivity contribution in [3.63, 3.8) is 0 Å². The SMILES string of the molecule is COC(=O)CN(CC(=O)OC)S(=O)(=O)CCCC(=O)O. The second-order valence-corrected chi connectivity index (χ2v) is 5.82. The fourth-order valence-electron chi connectivity index (χ4n) is 1.20. The molecule has 0 spiro atoms. The minimum absolute atomic E-state index is 0.128.